The van der Waals surface area contributed by atoms with E-state index in [2.05, 4.69) is 5.32 Å². The smallest absolute Gasteiger partial charge is 0.352 e. The summed E-state index contributed by atoms with van der Waals surface area (Å²) in [6.07, 6.45) is -4.28. The predicted octanol–water partition coefficient (Wildman–Crippen LogP) is 3.08. The highest BCUT2D eigenvalue weighted by atomic mass is 19.4. The number of rotatable bonds is 7. The third-order valence-electron chi connectivity index (χ3n) is 5.35. The van der Waals surface area contributed by atoms with Gasteiger partial charge in [-0.15, -0.1) is 0 Å². The Hall–Kier alpha value is -3.47. The molecule has 1 aliphatic rings. The fourth-order valence-corrected chi connectivity index (χ4v) is 3.54. The molecule has 11 heteroatoms. The zero-order valence-electron chi connectivity index (χ0n) is 17.7. The largest absolute Gasteiger partial charge is 0.416 e. The average molecular weight is 464 g/mol. The summed E-state index contributed by atoms with van der Waals surface area (Å²) in [5.41, 5.74) is 0.0355. The van der Waals surface area contributed by atoms with Crippen molar-refractivity contribution in [2.75, 3.05) is 32.7 Å². The lowest BCUT2D eigenvalue weighted by atomic mass is 10.1. The third-order valence-corrected chi connectivity index (χ3v) is 5.35. The van der Waals surface area contributed by atoms with Crippen LogP contribution in [0.3, 0.4) is 0 Å². The predicted molar refractivity (Wildman–Crippen MR) is 113 cm³/mol. The van der Waals surface area contributed by atoms with E-state index in [1.807, 2.05) is 4.90 Å². The fourth-order valence-electron chi connectivity index (χ4n) is 3.54. The van der Waals surface area contributed by atoms with Crippen molar-refractivity contribution in [2.45, 2.75) is 19.1 Å². The Labute approximate surface area is 188 Å². The molecule has 0 radical (unpaired) electrons. The zero-order valence-corrected chi connectivity index (χ0v) is 17.7. The number of hydrogen-bond donors (Lipinski definition) is 1. The van der Waals surface area contributed by atoms with Gasteiger partial charge >= 0.3 is 6.18 Å². The van der Waals surface area contributed by atoms with Gasteiger partial charge in [0.1, 0.15) is 0 Å². The maximum atomic E-state index is 12.9. The summed E-state index contributed by atoms with van der Waals surface area (Å²) in [6.45, 7) is 2.48. The molecular formula is C22H23F3N4O4. The maximum absolute atomic E-state index is 12.9. The second kappa shape index (κ2) is 10.4. The van der Waals surface area contributed by atoms with Crippen LogP contribution in [0.2, 0.25) is 0 Å². The average Bonchev–Trinajstić information content (AvgIpc) is 2.79. The molecule has 0 saturated carbocycles. The maximum Gasteiger partial charge on any atom is 0.416 e. The minimum absolute atomic E-state index is 0.104. The number of non-ortho nitro benzene ring substituents is 1. The van der Waals surface area contributed by atoms with Crippen LogP contribution < -0.4 is 5.32 Å². The normalized spacial score (nSPS) is 14.7. The van der Waals surface area contributed by atoms with Gasteiger partial charge in [0, 0.05) is 63.4 Å². The minimum Gasteiger partial charge on any atom is -0.352 e. The van der Waals surface area contributed by atoms with Crippen molar-refractivity contribution in [1.29, 1.82) is 0 Å². The number of nitrogens with one attached hydrogen (secondary N) is 1. The van der Waals surface area contributed by atoms with Crippen molar-refractivity contribution in [1.82, 2.24) is 15.1 Å². The second-order valence-electron chi connectivity index (χ2n) is 7.66. The number of piperazine rings is 1. The summed E-state index contributed by atoms with van der Waals surface area (Å²) in [4.78, 5) is 38.3. The van der Waals surface area contributed by atoms with Gasteiger partial charge in [-0.3, -0.25) is 24.6 Å². The van der Waals surface area contributed by atoms with E-state index in [1.54, 1.807) is 11.0 Å². The molecule has 0 aliphatic carbocycles. The van der Waals surface area contributed by atoms with Crippen LogP contribution in [0.15, 0.2) is 48.5 Å². The first kappa shape index (κ1) is 24.2. The number of nitro groups is 1. The van der Waals surface area contributed by atoms with E-state index in [1.165, 1.54) is 30.3 Å². The van der Waals surface area contributed by atoms with E-state index >= 15 is 0 Å². The molecule has 2 amide bonds. The van der Waals surface area contributed by atoms with Gasteiger partial charge < -0.3 is 10.2 Å². The Kier molecular flexibility index (Phi) is 7.64. The first-order valence-electron chi connectivity index (χ1n) is 10.3. The van der Waals surface area contributed by atoms with E-state index in [0.29, 0.717) is 38.3 Å². The summed E-state index contributed by atoms with van der Waals surface area (Å²) in [7, 11) is 0. The van der Waals surface area contributed by atoms with Crippen LogP contribution in [-0.2, 0) is 17.5 Å². The first-order chi connectivity index (χ1) is 15.6. The van der Waals surface area contributed by atoms with Crippen LogP contribution in [0, 0.1) is 10.1 Å². The topological polar surface area (TPSA) is 95.8 Å². The molecule has 1 saturated heterocycles. The molecule has 2 aromatic carbocycles. The molecule has 1 heterocycles. The van der Waals surface area contributed by atoms with E-state index in [-0.39, 0.29) is 30.1 Å². The lowest BCUT2D eigenvalue weighted by Crippen LogP contribution is -2.48. The van der Waals surface area contributed by atoms with Crippen LogP contribution >= 0.6 is 0 Å². The lowest BCUT2D eigenvalue weighted by Gasteiger charge is -2.35. The molecule has 1 N–H and O–H groups in total. The van der Waals surface area contributed by atoms with E-state index < -0.39 is 22.6 Å². The van der Waals surface area contributed by atoms with Crippen molar-refractivity contribution < 1.29 is 27.7 Å². The van der Waals surface area contributed by atoms with E-state index in [4.69, 9.17) is 0 Å². The monoisotopic (exact) mass is 464 g/mol. The number of amides is 2. The van der Waals surface area contributed by atoms with Crippen LogP contribution in [0.4, 0.5) is 18.9 Å². The molecule has 2 aromatic rings. The first-order valence-corrected chi connectivity index (χ1v) is 10.3. The molecule has 176 valence electrons. The van der Waals surface area contributed by atoms with E-state index in [0.717, 1.165) is 12.1 Å². The summed E-state index contributed by atoms with van der Waals surface area (Å²) in [5, 5.41) is 13.3. The fraction of sp³-hybridized carbons (Fsp3) is 0.364. The lowest BCUT2D eigenvalue weighted by molar-refractivity contribution is -0.384. The number of nitro benzene ring substituents is 1. The molecule has 0 atom stereocenters. The standard InChI is InChI=1S/C22H23F3N4O4/c23-22(24,25)18-3-1-2-16(14-18)15-27-10-12-28(13-11-27)20(30)8-9-26-21(31)17-4-6-19(7-5-17)29(32)33/h1-7,14H,8-13,15H2,(H,26,31). The number of carbonyl (C=O) groups excluding carboxylic acids is 2. The Morgan fingerprint density at radius 3 is 2.30 bits per heavy atom. The number of hydrogen-bond acceptors (Lipinski definition) is 5. The molecule has 8 nitrogen and oxygen atoms in total. The van der Waals surface area contributed by atoms with Crippen molar-refractivity contribution in [3.05, 3.63) is 75.3 Å². The summed E-state index contributed by atoms with van der Waals surface area (Å²) < 4.78 is 38.6. The molecule has 0 spiro atoms. The molecule has 33 heavy (non-hydrogen) atoms. The zero-order chi connectivity index (χ0) is 24.0. The second-order valence-corrected chi connectivity index (χ2v) is 7.66. The van der Waals surface area contributed by atoms with Crippen molar-refractivity contribution in [3.8, 4) is 0 Å². The molecule has 0 aromatic heterocycles. The number of carbonyl (C=O) groups is 2. The van der Waals surface area contributed by atoms with Crippen LogP contribution in [0.25, 0.3) is 0 Å². The minimum atomic E-state index is -4.38. The van der Waals surface area contributed by atoms with Gasteiger partial charge in [0.25, 0.3) is 11.6 Å². The number of benzene rings is 2. The Balaban J connectivity index is 1.40. The Morgan fingerprint density at radius 1 is 1.03 bits per heavy atom. The summed E-state index contributed by atoms with van der Waals surface area (Å²) >= 11 is 0. The third kappa shape index (κ3) is 6.75. The molecule has 0 bridgehead atoms. The van der Waals surface area contributed by atoms with Crippen molar-refractivity contribution in [2.24, 2.45) is 0 Å². The molecule has 3 rings (SSSR count). The van der Waals surface area contributed by atoms with E-state index in [9.17, 15) is 32.9 Å². The molecule has 1 fully saturated rings. The SMILES string of the molecule is O=C(NCCC(=O)N1CCN(Cc2cccc(C(F)(F)F)c2)CC1)c1ccc([N+](=O)[O-])cc1. The van der Waals surface area contributed by atoms with Gasteiger partial charge in [-0.1, -0.05) is 18.2 Å². The quantitative estimate of drug-likeness (QED) is 0.502. The van der Waals surface area contributed by atoms with Crippen molar-refractivity contribution in [3.63, 3.8) is 0 Å². The molecular weight excluding hydrogens is 441 g/mol. The van der Waals surface area contributed by atoms with Crippen LogP contribution in [-0.4, -0.2) is 59.3 Å². The van der Waals surface area contributed by atoms with Gasteiger partial charge in [0.15, 0.2) is 0 Å². The van der Waals surface area contributed by atoms with Gasteiger partial charge in [-0.2, -0.15) is 13.2 Å². The number of nitrogens with zero attached hydrogens (tertiary/aromatic N) is 3. The number of halogens is 3. The Morgan fingerprint density at radius 2 is 1.70 bits per heavy atom. The summed E-state index contributed by atoms with van der Waals surface area (Å²) in [6, 6.07) is 10.4. The van der Waals surface area contributed by atoms with Crippen molar-refractivity contribution >= 4 is 17.5 Å². The highest BCUT2D eigenvalue weighted by molar-refractivity contribution is 5.94. The highest BCUT2D eigenvalue weighted by Gasteiger charge is 2.30. The highest BCUT2D eigenvalue weighted by Crippen LogP contribution is 2.29. The van der Waals surface area contributed by atoms with Gasteiger partial charge in [-0.05, 0) is 23.8 Å². The Bertz CT molecular complexity index is 1000. The van der Waals surface area contributed by atoms with Gasteiger partial charge in [0.05, 0.1) is 10.5 Å². The number of alkyl halides is 3. The summed E-state index contributed by atoms with van der Waals surface area (Å²) in [5.74, 6) is -0.554. The van der Waals surface area contributed by atoms with Gasteiger partial charge in [0.2, 0.25) is 5.91 Å². The van der Waals surface area contributed by atoms with Crippen LogP contribution in [0.5, 0.6) is 0 Å². The molecule has 1 aliphatic heterocycles. The molecule has 0 unspecified atom stereocenters. The van der Waals surface area contributed by atoms with Gasteiger partial charge in [-0.25, -0.2) is 0 Å². The van der Waals surface area contributed by atoms with Crippen LogP contribution in [0.1, 0.15) is 27.9 Å².